The second-order valence-electron chi connectivity index (χ2n) is 5.06. The van der Waals surface area contributed by atoms with Gasteiger partial charge in [-0.25, -0.2) is 8.78 Å². The van der Waals surface area contributed by atoms with E-state index in [9.17, 15) is 26.3 Å². The number of hydrogen-bond acceptors (Lipinski definition) is 3. The van der Waals surface area contributed by atoms with Gasteiger partial charge in [-0.05, 0) is 42.5 Å². The zero-order valence-corrected chi connectivity index (χ0v) is 12.7. The minimum atomic E-state index is -5.52. The molecule has 9 heteroatoms. The van der Waals surface area contributed by atoms with Crippen molar-refractivity contribution in [3.63, 3.8) is 0 Å². The van der Waals surface area contributed by atoms with E-state index in [-0.39, 0.29) is 22.6 Å². The summed E-state index contributed by atoms with van der Waals surface area (Å²) in [5, 5.41) is 17.7. The van der Waals surface area contributed by atoms with E-state index in [1.54, 1.807) is 12.1 Å². The summed E-state index contributed by atoms with van der Waals surface area (Å²) in [5.74, 6) is -10.6. The van der Waals surface area contributed by atoms with Gasteiger partial charge in [-0.15, -0.1) is 0 Å². The summed E-state index contributed by atoms with van der Waals surface area (Å²) < 4.78 is 82.9. The molecule has 0 N–H and O–H groups in total. The molecule has 0 bridgehead atoms. The van der Waals surface area contributed by atoms with Crippen LogP contribution >= 0.6 is 0 Å². The topological polar surface area (TPSA) is 56.8 Å². The number of alkyl halides is 6. The Balaban J connectivity index is 2.26. The quantitative estimate of drug-likeness (QED) is 0.679. The monoisotopic (exact) mass is 370 g/mol. The van der Waals surface area contributed by atoms with Crippen LogP contribution in [0.2, 0.25) is 0 Å². The molecule has 26 heavy (non-hydrogen) atoms. The van der Waals surface area contributed by atoms with E-state index in [0.29, 0.717) is 12.1 Å². The van der Waals surface area contributed by atoms with Gasteiger partial charge in [-0.1, -0.05) is 0 Å². The fourth-order valence-electron chi connectivity index (χ4n) is 1.97. The minimum Gasteiger partial charge on any atom is -0.457 e. The Kier molecular flexibility index (Phi) is 5.12. The highest BCUT2D eigenvalue weighted by Crippen LogP contribution is 2.46. The molecule has 0 unspecified atom stereocenters. The van der Waals surface area contributed by atoms with Gasteiger partial charge in [0.05, 0.1) is 11.1 Å². The predicted octanol–water partition coefficient (Wildman–Crippen LogP) is 5.21. The molecule has 0 atom stereocenters. The number of benzene rings is 2. The minimum absolute atomic E-state index is 0.0183. The molecule has 0 saturated heterocycles. The fourth-order valence-corrected chi connectivity index (χ4v) is 1.97. The van der Waals surface area contributed by atoms with E-state index < -0.39 is 23.8 Å². The van der Waals surface area contributed by atoms with Crippen LogP contribution in [0.3, 0.4) is 0 Å². The van der Waals surface area contributed by atoms with Gasteiger partial charge in [0.15, 0.2) is 0 Å². The van der Waals surface area contributed by atoms with E-state index >= 15 is 0 Å². The second kappa shape index (κ2) is 6.96. The number of hydrogen-bond donors (Lipinski definition) is 0. The lowest BCUT2D eigenvalue weighted by Gasteiger charge is -2.26. The summed E-state index contributed by atoms with van der Waals surface area (Å²) in [6.07, 6.45) is -4.53. The zero-order chi connectivity index (χ0) is 19.5. The average Bonchev–Trinajstić information content (AvgIpc) is 2.61. The third-order valence-corrected chi connectivity index (χ3v) is 3.38. The Hall–Kier alpha value is -3.20. The van der Waals surface area contributed by atoms with Gasteiger partial charge < -0.3 is 4.74 Å². The largest absolute Gasteiger partial charge is 0.457 e. The number of rotatable bonds is 5. The highest BCUT2D eigenvalue weighted by atomic mass is 19.3. The molecule has 0 saturated carbocycles. The first kappa shape index (κ1) is 19.1. The molecule has 134 valence electrons. The first-order chi connectivity index (χ1) is 12.1. The predicted molar refractivity (Wildman–Crippen MR) is 77.2 cm³/mol. The van der Waals surface area contributed by atoms with Crippen LogP contribution in [0, 0.1) is 22.7 Å². The highest BCUT2D eigenvalue weighted by molar-refractivity contribution is 5.50. The lowest BCUT2D eigenvalue weighted by molar-refractivity contribution is -0.270. The maximum atomic E-state index is 13.6. The third kappa shape index (κ3) is 3.42. The maximum Gasteiger partial charge on any atom is 0.373 e. The molecular formula is C17H8F6N2O. The molecule has 0 radical (unpaired) electrons. The fraction of sp³-hybridized carbons (Fsp3) is 0.176. The van der Waals surface area contributed by atoms with Gasteiger partial charge >= 0.3 is 18.3 Å². The van der Waals surface area contributed by atoms with Crippen molar-refractivity contribution in [2.45, 2.75) is 18.3 Å². The first-order valence-corrected chi connectivity index (χ1v) is 6.90. The average molecular weight is 370 g/mol. The van der Waals surface area contributed by atoms with Gasteiger partial charge in [-0.3, -0.25) is 0 Å². The molecule has 0 heterocycles. The molecule has 3 nitrogen and oxygen atoms in total. The van der Waals surface area contributed by atoms with Crippen LogP contribution in [0.5, 0.6) is 11.5 Å². The summed E-state index contributed by atoms with van der Waals surface area (Å²) >= 11 is 0. The van der Waals surface area contributed by atoms with E-state index in [2.05, 4.69) is 0 Å². The van der Waals surface area contributed by atoms with Gasteiger partial charge in [0.1, 0.15) is 23.6 Å². The molecule has 2 rings (SSSR count). The molecular weight excluding hydrogens is 362 g/mol. The second-order valence-corrected chi connectivity index (χ2v) is 5.06. The summed E-state index contributed by atoms with van der Waals surface area (Å²) in [5.41, 5.74) is -1.18. The molecule has 0 amide bonds. The van der Waals surface area contributed by atoms with Crippen LogP contribution in [-0.2, 0) is 5.92 Å². The van der Waals surface area contributed by atoms with Crippen LogP contribution in [0.1, 0.15) is 16.7 Å². The number of ether oxygens (including phenoxy) is 1. The SMILES string of the molecule is N#Cc1ccc(Oc2ccc(C(F)(F)C(F)(F)C(F)F)cc2)cc1C#N. The van der Waals surface area contributed by atoms with Crippen molar-refractivity contribution in [3.05, 3.63) is 59.2 Å². The van der Waals surface area contributed by atoms with Gasteiger partial charge in [0, 0.05) is 5.56 Å². The molecule has 0 aliphatic rings. The number of nitriles is 2. The smallest absolute Gasteiger partial charge is 0.373 e. The van der Waals surface area contributed by atoms with Crippen molar-refractivity contribution in [3.8, 4) is 23.6 Å². The number of nitrogens with zero attached hydrogens (tertiary/aromatic N) is 2. The highest BCUT2D eigenvalue weighted by Gasteiger charge is 2.63. The van der Waals surface area contributed by atoms with E-state index in [1.165, 1.54) is 18.2 Å². The summed E-state index contributed by atoms with van der Waals surface area (Å²) in [4.78, 5) is 0. The Morgan fingerprint density at radius 3 is 1.85 bits per heavy atom. The van der Waals surface area contributed by atoms with Gasteiger partial charge in [0.25, 0.3) is 0 Å². The van der Waals surface area contributed by atoms with Crippen LogP contribution < -0.4 is 4.74 Å². The van der Waals surface area contributed by atoms with Gasteiger partial charge in [0.2, 0.25) is 0 Å². The summed E-state index contributed by atoms with van der Waals surface area (Å²) in [6.45, 7) is 0. The normalized spacial score (nSPS) is 11.7. The lowest BCUT2D eigenvalue weighted by atomic mass is 10.0. The third-order valence-electron chi connectivity index (χ3n) is 3.38. The Morgan fingerprint density at radius 1 is 0.808 bits per heavy atom. The Labute approximate surface area is 143 Å². The van der Waals surface area contributed by atoms with Crippen LogP contribution in [0.25, 0.3) is 0 Å². The van der Waals surface area contributed by atoms with Crippen LogP contribution in [0.4, 0.5) is 26.3 Å². The Morgan fingerprint density at radius 2 is 1.35 bits per heavy atom. The van der Waals surface area contributed by atoms with Crippen LogP contribution in [-0.4, -0.2) is 12.3 Å². The summed E-state index contributed by atoms with van der Waals surface area (Å²) in [7, 11) is 0. The van der Waals surface area contributed by atoms with E-state index in [4.69, 9.17) is 15.3 Å². The van der Waals surface area contributed by atoms with Crippen molar-refractivity contribution < 1.29 is 31.1 Å². The van der Waals surface area contributed by atoms with Crippen LogP contribution in [0.15, 0.2) is 42.5 Å². The molecule has 2 aromatic carbocycles. The molecule has 0 aliphatic carbocycles. The molecule has 0 aliphatic heterocycles. The molecule has 0 spiro atoms. The Bertz CT molecular complexity index is 882. The zero-order valence-electron chi connectivity index (χ0n) is 12.7. The lowest BCUT2D eigenvalue weighted by Crippen LogP contribution is -2.44. The maximum absolute atomic E-state index is 13.6. The van der Waals surface area contributed by atoms with Crippen molar-refractivity contribution in [1.82, 2.24) is 0 Å². The van der Waals surface area contributed by atoms with E-state index in [0.717, 1.165) is 12.1 Å². The van der Waals surface area contributed by atoms with Crippen molar-refractivity contribution in [1.29, 1.82) is 10.5 Å². The van der Waals surface area contributed by atoms with Crippen molar-refractivity contribution in [2.24, 2.45) is 0 Å². The number of halogens is 6. The molecule has 0 aromatic heterocycles. The van der Waals surface area contributed by atoms with Crippen molar-refractivity contribution in [2.75, 3.05) is 0 Å². The first-order valence-electron chi connectivity index (χ1n) is 6.90. The van der Waals surface area contributed by atoms with Crippen molar-refractivity contribution >= 4 is 0 Å². The summed E-state index contributed by atoms with van der Waals surface area (Å²) in [6, 6.07) is 10.3. The molecule has 0 fully saturated rings. The van der Waals surface area contributed by atoms with E-state index in [1.807, 2.05) is 0 Å². The molecule has 2 aromatic rings. The van der Waals surface area contributed by atoms with Gasteiger partial charge in [-0.2, -0.15) is 28.1 Å². The standard InChI is InChI=1S/C17H8F6N2O/c18-15(19)17(22,23)16(20,21)12-2-5-13(6-3-12)26-14-4-1-10(8-24)11(7-14)9-25/h1-7,15H.